The summed E-state index contributed by atoms with van der Waals surface area (Å²) in [7, 11) is 0. The Kier molecular flexibility index (Phi) is 2.66. The molecule has 0 fully saturated rings. The predicted octanol–water partition coefficient (Wildman–Crippen LogP) is 1.96. The van der Waals surface area contributed by atoms with E-state index in [1.165, 1.54) is 11.1 Å². The van der Waals surface area contributed by atoms with Gasteiger partial charge in [-0.1, -0.05) is 12.1 Å². The van der Waals surface area contributed by atoms with Gasteiger partial charge in [0.05, 0.1) is 5.70 Å². The molecule has 1 aromatic carbocycles. The van der Waals surface area contributed by atoms with E-state index in [1.54, 1.807) is 6.08 Å². The first-order valence-electron chi connectivity index (χ1n) is 5.08. The lowest BCUT2D eigenvalue weighted by molar-refractivity contribution is -0.118. The van der Waals surface area contributed by atoms with Gasteiger partial charge in [0.15, 0.2) is 0 Å². The number of hydrogen-bond donors (Lipinski definition) is 1. The molecule has 0 saturated carbocycles. The highest BCUT2D eigenvalue weighted by Crippen LogP contribution is 2.22. The largest absolute Gasteiger partial charge is 0.316 e. The lowest BCUT2D eigenvalue weighted by atomic mass is 10.0. The molecule has 0 saturated heterocycles. The lowest BCUT2D eigenvalue weighted by Crippen LogP contribution is -2.28. The maximum Gasteiger partial charge on any atom is 0.285 e. The highest BCUT2D eigenvalue weighted by atomic mass is 16.2. The first-order chi connectivity index (χ1) is 7.58. The molecule has 1 aliphatic rings. The van der Waals surface area contributed by atoms with E-state index in [4.69, 9.17) is 5.73 Å². The number of aryl methyl sites for hydroxylation is 2. The van der Waals surface area contributed by atoms with Crippen LogP contribution < -0.4 is 5.73 Å². The highest BCUT2D eigenvalue weighted by Gasteiger charge is 2.17. The van der Waals surface area contributed by atoms with E-state index < -0.39 is 11.9 Å². The van der Waals surface area contributed by atoms with Gasteiger partial charge < -0.3 is 5.73 Å². The van der Waals surface area contributed by atoms with Gasteiger partial charge in [0.2, 0.25) is 0 Å². The third-order valence-electron chi connectivity index (χ3n) is 2.68. The van der Waals surface area contributed by atoms with Crippen LogP contribution in [0.5, 0.6) is 0 Å². The number of benzene rings is 1. The molecule has 4 heteroatoms. The number of nitrogens with two attached hydrogens (primary N) is 1. The van der Waals surface area contributed by atoms with E-state index in [-0.39, 0.29) is 0 Å². The van der Waals surface area contributed by atoms with Gasteiger partial charge in [-0.3, -0.25) is 4.79 Å². The van der Waals surface area contributed by atoms with Gasteiger partial charge in [0, 0.05) is 5.56 Å². The van der Waals surface area contributed by atoms with Crippen LogP contribution in [0.1, 0.15) is 16.7 Å². The first-order valence-corrected chi connectivity index (χ1v) is 5.08. The van der Waals surface area contributed by atoms with E-state index in [2.05, 4.69) is 10.2 Å². The molecule has 2 N–H and O–H groups in total. The molecule has 1 heterocycles. The number of rotatable bonds is 1. The molecule has 0 aromatic heterocycles. The maximum atomic E-state index is 11.1. The van der Waals surface area contributed by atoms with Crippen LogP contribution in [-0.4, -0.2) is 11.9 Å². The average molecular weight is 215 g/mol. The Morgan fingerprint density at radius 3 is 2.56 bits per heavy atom. The van der Waals surface area contributed by atoms with Crippen LogP contribution in [0.15, 0.2) is 34.5 Å². The molecule has 0 radical (unpaired) electrons. The smallest absolute Gasteiger partial charge is 0.285 e. The molecule has 0 bridgehead atoms. The summed E-state index contributed by atoms with van der Waals surface area (Å²) in [5.74, 6) is -0.396. The zero-order chi connectivity index (χ0) is 11.7. The van der Waals surface area contributed by atoms with Crippen LogP contribution in [-0.2, 0) is 4.79 Å². The molecule has 1 amide bonds. The number of azo groups is 1. The fraction of sp³-hybridized carbons (Fsp3) is 0.250. The second kappa shape index (κ2) is 3.98. The fourth-order valence-corrected chi connectivity index (χ4v) is 1.50. The van der Waals surface area contributed by atoms with Gasteiger partial charge in [-0.25, -0.2) is 0 Å². The molecular formula is C12H13N3O. The normalized spacial score (nSPS) is 19.8. The van der Waals surface area contributed by atoms with Crippen molar-refractivity contribution in [2.24, 2.45) is 16.0 Å². The molecule has 1 atom stereocenters. The first kappa shape index (κ1) is 10.7. The van der Waals surface area contributed by atoms with Crippen LogP contribution in [0.3, 0.4) is 0 Å². The van der Waals surface area contributed by atoms with Gasteiger partial charge in [0.25, 0.3) is 5.91 Å². The standard InChI is InChI=1S/C12H13N3O/c1-7-3-4-9(5-8(7)2)11-6-10(13)12(16)15-14-11/h3-6,10H,13H2,1-2H3. The van der Waals surface area contributed by atoms with Gasteiger partial charge in [-0.15, -0.1) is 10.2 Å². The Morgan fingerprint density at radius 2 is 1.94 bits per heavy atom. The molecule has 2 rings (SSSR count). The van der Waals surface area contributed by atoms with Crippen LogP contribution >= 0.6 is 0 Å². The minimum absolute atomic E-state index is 0.396. The third kappa shape index (κ3) is 1.92. The van der Waals surface area contributed by atoms with Crippen LogP contribution in [0.4, 0.5) is 0 Å². The van der Waals surface area contributed by atoms with Crippen molar-refractivity contribution in [1.29, 1.82) is 0 Å². The van der Waals surface area contributed by atoms with Crippen molar-refractivity contribution in [3.8, 4) is 0 Å². The van der Waals surface area contributed by atoms with Gasteiger partial charge >= 0.3 is 0 Å². The maximum absolute atomic E-state index is 11.1. The van der Waals surface area contributed by atoms with Crippen molar-refractivity contribution in [3.63, 3.8) is 0 Å². The zero-order valence-electron chi connectivity index (χ0n) is 9.27. The Labute approximate surface area is 93.9 Å². The molecule has 0 spiro atoms. The van der Waals surface area contributed by atoms with Crippen molar-refractivity contribution < 1.29 is 4.79 Å². The Morgan fingerprint density at radius 1 is 1.19 bits per heavy atom. The Balaban J connectivity index is 2.39. The topological polar surface area (TPSA) is 67.8 Å². The average Bonchev–Trinajstić information content (AvgIpc) is 2.26. The Bertz CT molecular complexity index is 503. The molecule has 16 heavy (non-hydrogen) atoms. The van der Waals surface area contributed by atoms with E-state index in [1.807, 2.05) is 32.0 Å². The summed E-state index contributed by atoms with van der Waals surface area (Å²) < 4.78 is 0. The molecule has 4 nitrogen and oxygen atoms in total. The van der Waals surface area contributed by atoms with Crippen LogP contribution in [0, 0.1) is 13.8 Å². The quantitative estimate of drug-likeness (QED) is 0.778. The predicted molar refractivity (Wildman–Crippen MR) is 61.7 cm³/mol. The second-order valence-corrected chi connectivity index (χ2v) is 3.91. The molecule has 1 aliphatic heterocycles. The molecule has 0 aliphatic carbocycles. The van der Waals surface area contributed by atoms with Gasteiger partial charge in [0.1, 0.15) is 6.04 Å². The minimum Gasteiger partial charge on any atom is -0.316 e. The highest BCUT2D eigenvalue weighted by molar-refractivity contribution is 5.88. The summed E-state index contributed by atoms with van der Waals surface area (Å²) in [5, 5.41) is 7.37. The zero-order valence-corrected chi connectivity index (χ0v) is 9.27. The molecule has 82 valence electrons. The van der Waals surface area contributed by atoms with Crippen molar-refractivity contribution >= 4 is 11.6 Å². The fourth-order valence-electron chi connectivity index (χ4n) is 1.50. The lowest BCUT2D eigenvalue weighted by Gasteiger charge is -2.10. The Hall–Kier alpha value is -1.81. The number of nitrogens with zero attached hydrogens (tertiary/aromatic N) is 2. The number of carbonyl (C=O) groups is 1. The summed E-state index contributed by atoms with van der Waals surface area (Å²) in [6, 6.07) is 5.32. The van der Waals surface area contributed by atoms with Crippen LogP contribution in [0.2, 0.25) is 0 Å². The molecule has 1 unspecified atom stereocenters. The summed E-state index contributed by atoms with van der Waals surface area (Å²) in [4.78, 5) is 11.1. The second-order valence-electron chi connectivity index (χ2n) is 3.91. The SMILES string of the molecule is Cc1ccc(C2=CC(N)C(=O)N=N2)cc1C. The van der Waals surface area contributed by atoms with Crippen molar-refractivity contribution in [1.82, 2.24) is 0 Å². The van der Waals surface area contributed by atoms with E-state index >= 15 is 0 Å². The van der Waals surface area contributed by atoms with Gasteiger partial charge in [-0.2, -0.15) is 0 Å². The van der Waals surface area contributed by atoms with E-state index in [0.717, 1.165) is 5.56 Å². The monoisotopic (exact) mass is 215 g/mol. The van der Waals surface area contributed by atoms with E-state index in [9.17, 15) is 4.79 Å². The van der Waals surface area contributed by atoms with Crippen molar-refractivity contribution in [2.45, 2.75) is 19.9 Å². The van der Waals surface area contributed by atoms with Gasteiger partial charge in [-0.05, 0) is 37.1 Å². The summed E-state index contributed by atoms with van der Waals surface area (Å²) >= 11 is 0. The number of amides is 1. The number of hydrogen-bond acceptors (Lipinski definition) is 3. The van der Waals surface area contributed by atoms with Crippen molar-refractivity contribution in [2.75, 3.05) is 0 Å². The minimum atomic E-state index is -0.672. The summed E-state index contributed by atoms with van der Waals surface area (Å²) in [6.07, 6.45) is 1.64. The summed E-state index contributed by atoms with van der Waals surface area (Å²) in [6.45, 7) is 4.08. The van der Waals surface area contributed by atoms with Crippen molar-refractivity contribution in [3.05, 3.63) is 41.0 Å². The molecular weight excluding hydrogens is 202 g/mol. The number of carbonyl (C=O) groups excluding carboxylic acids is 1. The summed E-state index contributed by atoms with van der Waals surface area (Å²) in [5.41, 5.74) is 9.60. The molecule has 1 aromatic rings. The van der Waals surface area contributed by atoms with E-state index in [0.29, 0.717) is 5.70 Å². The third-order valence-corrected chi connectivity index (χ3v) is 2.68. The van der Waals surface area contributed by atoms with Crippen LogP contribution in [0.25, 0.3) is 5.70 Å².